The molecule has 2 aliphatic rings. The number of hydrogen-bond acceptors (Lipinski definition) is 4. The maximum Gasteiger partial charge on any atom is 0.267 e. The molecular weight excluding hydrogens is 298 g/mol. The third-order valence-electron chi connectivity index (χ3n) is 4.24. The molecule has 5 nitrogen and oxygen atoms in total. The van der Waals surface area contributed by atoms with E-state index in [4.69, 9.17) is 0 Å². The molecule has 1 aromatic heterocycles. The number of carbonyl (C=O) groups excluding carboxylic acids is 1. The van der Waals surface area contributed by atoms with Crippen LogP contribution in [0.15, 0.2) is 40.4 Å². The molecule has 112 valence electrons. The predicted molar refractivity (Wildman–Crippen MR) is 84.2 cm³/mol. The number of rotatable bonds is 2. The fourth-order valence-corrected chi connectivity index (χ4v) is 4.03. The number of fused-ring (bicyclic) bond motifs is 2. The van der Waals surface area contributed by atoms with E-state index in [9.17, 15) is 9.59 Å². The van der Waals surface area contributed by atoms with Gasteiger partial charge in [0.05, 0.1) is 6.04 Å². The minimum absolute atomic E-state index is 0.0178. The summed E-state index contributed by atoms with van der Waals surface area (Å²) in [5, 5.41) is 3.69. The zero-order valence-corrected chi connectivity index (χ0v) is 12.7. The van der Waals surface area contributed by atoms with Crippen molar-refractivity contribution in [2.75, 3.05) is 5.75 Å². The van der Waals surface area contributed by atoms with E-state index in [1.165, 1.54) is 11.8 Å². The topological polar surface area (TPSA) is 64.0 Å². The Labute approximate surface area is 131 Å². The summed E-state index contributed by atoms with van der Waals surface area (Å²) in [7, 11) is 0. The van der Waals surface area contributed by atoms with Crippen LogP contribution in [0.5, 0.6) is 0 Å². The molecule has 0 unspecified atom stereocenters. The van der Waals surface area contributed by atoms with Crippen molar-refractivity contribution in [2.24, 2.45) is 0 Å². The van der Waals surface area contributed by atoms with Gasteiger partial charge < -0.3 is 5.32 Å². The highest BCUT2D eigenvalue weighted by molar-refractivity contribution is 7.99. The number of thioether (sulfide) groups is 1. The van der Waals surface area contributed by atoms with Crippen LogP contribution >= 0.6 is 11.8 Å². The van der Waals surface area contributed by atoms with Crippen molar-refractivity contribution in [3.05, 3.63) is 57.5 Å². The molecule has 0 spiro atoms. The summed E-state index contributed by atoms with van der Waals surface area (Å²) in [6.07, 6.45) is 3.24. The normalized spacial score (nSPS) is 18.8. The van der Waals surface area contributed by atoms with Crippen molar-refractivity contribution >= 4 is 17.7 Å². The van der Waals surface area contributed by atoms with Gasteiger partial charge in [-0.3, -0.25) is 14.2 Å². The van der Waals surface area contributed by atoms with Gasteiger partial charge in [-0.15, -0.1) is 0 Å². The van der Waals surface area contributed by atoms with Crippen molar-refractivity contribution in [2.45, 2.75) is 30.6 Å². The molecule has 0 fully saturated rings. The molecule has 1 aliphatic carbocycles. The Morgan fingerprint density at radius 3 is 3.14 bits per heavy atom. The maximum absolute atomic E-state index is 12.5. The van der Waals surface area contributed by atoms with Crippen LogP contribution in [0, 0.1) is 0 Å². The number of aryl methyl sites for hydroxylation is 1. The number of aromatic nitrogens is 2. The van der Waals surface area contributed by atoms with Crippen molar-refractivity contribution in [3.8, 4) is 0 Å². The first-order valence-electron chi connectivity index (χ1n) is 7.35. The molecule has 4 rings (SSSR count). The smallest absolute Gasteiger partial charge is 0.267 e. The van der Waals surface area contributed by atoms with E-state index in [0.717, 1.165) is 24.2 Å². The van der Waals surface area contributed by atoms with Gasteiger partial charge in [-0.25, -0.2) is 4.98 Å². The molecule has 6 heteroatoms. The van der Waals surface area contributed by atoms with Crippen molar-refractivity contribution < 1.29 is 4.79 Å². The van der Waals surface area contributed by atoms with E-state index in [0.29, 0.717) is 11.7 Å². The Balaban J connectivity index is 1.61. The van der Waals surface area contributed by atoms with E-state index in [1.807, 2.05) is 18.2 Å². The van der Waals surface area contributed by atoms with Crippen molar-refractivity contribution in [3.63, 3.8) is 0 Å². The molecule has 1 N–H and O–H groups in total. The Morgan fingerprint density at radius 1 is 1.36 bits per heavy atom. The van der Waals surface area contributed by atoms with Crippen LogP contribution in [-0.4, -0.2) is 21.2 Å². The van der Waals surface area contributed by atoms with Crippen LogP contribution in [0.3, 0.4) is 0 Å². The van der Waals surface area contributed by atoms with Crippen LogP contribution in [0.2, 0.25) is 0 Å². The predicted octanol–water partition coefficient (Wildman–Crippen LogP) is 1.77. The molecule has 0 saturated carbocycles. The quantitative estimate of drug-likeness (QED) is 0.858. The molecule has 2 heterocycles. The van der Waals surface area contributed by atoms with E-state index in [2.05, 4.69) is 16.4 Å². The first-order valence-corrected chi connectivity index (χ1v) is 8.34. The lowest BCUT2D eigenvalue weighted by Crippen LogP contribution is -2.34. The SMILES string of the molecule is O=C(N[C@@H]1CCc2ccccc21)c1cnc2n(c1=O)CCS2. The van der Waals surface area contributed by atoms with Gasteiger partial charge in [-0.1, -0.05) is 36.0 Å². The van der Waals surface area contributed by atoms with Crippen LogP contribution < -0.4 is 10.9 Å². The summed E-state index contributed by atoms with van der Waals surface area (Å²) in [5.74, 6) is 0.509. The maximum atomic E-state index is 12.5. The van der Waals surface area contributed by atoms with Crippen molar-refractivity contribution in [1.82, 2.24) is 14.9 Å². The summed E-state index contributed by atoms with van der Waals surface area (Å²) in [5.41, 5.74) is 2.32. The monoisotopic (exact) mass is 313 g/mol. The number of hydrogen-bond donors (Lipinski definition) is 1. The average molecular weight is 313 g/mol. The lowest BCUT2D eigenvalue weighted by molar-refractivity contribution is 0.0934. The van der Waals surface area contributed by atoms with Gasteiger partial charge >= 0.3 is 0 Å². The summed E-state index contributed by atoms with van der Waals surface area (Å²) in [6.45, 7) is 0.624. The minimum atomic E-state index is -0.327. The Morgan fingerprint density at radius 2 is 2.23 bits per heavy atom. The Bertz CT molecular complexity index is 815. The lowest BCUT2D eigenvalue weighted by atomic mass is 10.1. The van der Waals surface area contributed by atoms with Crippen molar-refractivity contribution in [1.29, 1.82) is 0 Å². The van der Waals surface area contributed by atoms with E-state index in [-0.39, 0.29) is 23.1 Å². The molecule has 22 heavy (non-hydrogen) atoms. The average Bonchev–Trinajstić information content (AvgIpc) is 3.15. The Kier molecular flexibility index (Phi) is 3.26. The second kappa shape index (κ2) is 5.28. The van der Waals surface area contributed by atoms with Gasteiger partial charge in [0.2, 0.25) is 0 Å². The fourth-order valence-electron chi connectivity index (χ4n) is 3.12. The molecule has 0 bridgehead atoms. The Hall–Kier alpha value is -2.08. The number of carbonyl (C=O) groups is 1. The van der Waals surface area contributed by atoms with Gasteiger partial charge in [0.25, 0.3) is 11.5 Å². The number of amides is 1. The second-order valence-electron chi connectivity index (χ2n) is 5.52. The van der Waals surface area contributed by atoms with Crippen LogP contribution in [-0.2, 0) is 13.0 Å². The zero-order valence-electron chi connectivity index (χ0n) is 11.9. The molecular formula is C16H15N3O2S. The number of nitrogens with one attached hydrogen (secondary N) is 1. The van der Waals surface area contributed by atoms with Gasteiger partial charge in [0, 0.05) is 18.5 Å². The standard InChI is InChI=1S/C16H15N3O2S/c20-14(12-9-17-16-19(15(12)21)7-8-22-16)18-13-6-5-10-3-1-2-4-11(10)13/h1-4,9,13H,5-8H2,(H,18,20)/t13-/m1/s1. The lowest BCUT2D eigenvalue weighted by Gasteiger charge is -2.14. The highest BCUT2D eigenvalue weighted by Gasteiger charge is 2.26. The molecule has 2 aromatic rings. The largest absolute Gasteiger partial charge is 0.345 e. The third-order valence-corrected chi connectivity index (χ3v) is 5.21. The van der Waals surface area contributed by atoms with E-state index in [1.54, 1.807) is 16.3 Å². The third kappa shape index (κ3) is 2.14. The molecule has 0 saturated heterocycles. The zero-order chi connectivity index (χ0) is 15.1. The molecule has 0 radical (unpaired) electrons. The first kappa shape index (κ1) is 13.6. The van der Waals surface area contributed by atoms with Crippen LogP contribution in [0.25, 0.3) is 0 Å². The molecule has 1 aliphatic heterocycles. The highest BCUT2D eigenvalue weighted by Crippen LogP contribution is 2.30. The molecule has 1 amide bonds. The van der Waals surface area contributed by atoms with Gasteiger partial charge in [0.15, 0.2) is 5.16 Å². The molecule has 1 aromatic carbocycles. The summed E-state index contributed by atoms with van der Waals surface area (Å²) >= 11 is 1.55. The van der Waals surface area contributed by atoms with Gasteiger partial charge in [0.1, 0.15) is 5.56 Å². The second-order valence-corrected chi connectivity index (χ2v) is 6.59. The number of nitrogens with zero attached hydrogens (tertiary/aromatic N) is 2. The van der Waals surface area contributed by atoms with Crippen LogP contribution in [0.4, 0.5) is 0 Å². The first-order chi connectivity index (χ1) is 10.7. The summed E-state index contributed by atoms with van der Waals surface area (Å²) in [6, 6.07) is 8.10. The highest BCUT2D eigenvalue weighted by atomic mass is 32.2. The van der Waals surface area contributed by atoms with Gasteiger partial charge in [-0.05, 0) is 24.0 Å². The van der Waals surface area contributed by atoms with Crippen LogP contribution in [0.1, 0.15) is 33.9 Å². The molecule has 1 atom stereocenters. The summed E-state index contributed by atoms with van der Waals surface area (Å²) in [4.78, 5) is 29.1. The van der Waals surface area contributed by atoms with E-state index < -0.39 is 0 Å². The fraction of sp³-hybridized carbons (Fsp3) is 0.312. The minimum Gasteiger partial charge on any atom is -0.345 e. The van der Waals surface area contributed by atoms with E-state index >= 15 is 0 Å². The number of benzene rings is 1. The summed E-state index contributed by atoms with van der Waals surface area (Å²) < 4.78 is 1.59. The van der Waals surface area contributed by atoms with Gasteiger partial charge in [-0.2, -0.15) is 0 Å².